The molecule has 0 radical (unpaired) electrons. The molecule has 0 atom stereocenters. The van der Waals surface area contributed by atoms with E-state index >= 15 is 0 Å². The van der Waals surface area contributed by atoms with Crippen molar-refractivity contribution in [3.63, 3.8) is 0 Å². The number of aromatic nitrogens is 2. The maximum Gasteiger partial charge on any atom is 0.357 e. The smallest absolute Gasteiger partial charge is 0.357 e. The fourth-order valence-electron chi connectivity index (χ4n) is 3.99. The van der Waals surface area contributed by atoms with E-state index in [1.165, 1.54) is 12.1 Å². The summed E-state index contributed by atoms with van der Waals surface area (Å²) >= 11 is 12.5. The first-order valence-corrected chi connectivity index (χ1v) is 11.3. The van der Waals surface area contributed by atoms with E-state index in [1.807, 2.05) is 6.92 Å². The van der Waals surface area contributed by atoms with Gasteiger partial charge in [0.15, 0.2) is 5.69 Å². The molecule has 1 fully saturated rings. The highest BCUT2D eigenvalue weighted by atomic mass is 35.5. The molecule has 0 spiro atoms. The van der Waals surface area contributed by atoms with Gasteiger partial charge in [0.2, 0.25) is 0 Å². The van der Waals surface area contributed by atoms with Crippen LogP contribution in [0.2, 0.25) is 10.0 Å². The lowest BCUT2D eigenvalue weighted by Crippen LogP contribution is -2.42. The zero-order chi connectivity index (χ0) is 23.0. The molecule has 1 aliphatic heterocycles. The molecule has 0 amide bonds. The Morgan fingerprint density at radius 1 is 1.25 bits per heavy atom. The van der Waals surface area contributed by atoms with Crippen LogP contribution in [0.4, 0.5) is 0 Å². The highest BCUT2D eigenvalue weighted by molar-refractivity contribution is 6.44. The van der Waals surface area contributed by atoms with Crippen LogP contribution in [0.5, 0.6) is 5.75 Å². The number of phenolic OH excluding ortho intramolecular Hbond substituents is 1. The lowest BCUT2D eigenvalue weighted by Gasteiger charge is -2.35. The maximum absolute atomic E-state index is 12.8. The summed E-state index contributed by atoms with van der Waals surface area (Å²) in [7, 11) is 0. The lowest BCUT2D eigenvalue weighted by atomic mass is 9.94. The molecule has 3 heterocycles. The van der Waals surface area contributed by atoms with Crippen LogP contribution in [-0.2, 0) is 11.3 Å². The molecule has 0 unspecified atom stereocenters. The number of piperidine rings is 1. The molecule has 9 heteroatoms. The first-order chi connectivity index (χ1) is 15.2. The van der Waals surface area contributed by atoms with Crippen molar-refractivity contribution >= 4 is 34.8 Å². The third-order valence-electron chi connectivity index (χ3n) is 5.84. The van der Waals surface area contributed by atoms with Gasteiger partial charge in [-0.25, -0.2) is 9.78 Å². The second-order valence-electron chi connectivity index (χ2n) is 8.30. The number of rotatable bonds is 5. The Labute approximate surface area is 196 Å². The Bertz CT molecular complexity index is 1170. The van der Waals surface area contributed by atoms with Crippen molar-refractivity contribution in [1.29, 1.82) is 0 Å². The van der Waals surface area contributed by atoms with Crippen molar-refractivity contribution in [2.45, 2.75) is 38.8 Å². The van der Waals surface area contributed by atoms with Crippen LogP contribution in [0, 0.1) is 0 Å². The minimum absolute atomic E-state index is 0.00140. The summed E-state index contributed by atoms with van der Waals surface area (Å²) in [5, 5.41) is 21.1. The van der Waals surface area contributed by atoms with Gasteiger partial charge in [0.05, 0.1) is 27.9 Å². The molecule has 0 saturated carbocycles. The number of halogens is 2. The van der Waals surface area contributed by atoms with Crippen molar-refractivity contribution < 1.29 is 19.7 Å². The first kappa shape index (κ1) is 22.9. The number of carbonyl (C=O) groups is 1. The van der Waals surface area contributed by atoms with E-state index < -0.39 is 11.6 Å². The topological polar surface area (TPSA) is 87.3 Å². The Hall–Kier alpha value is -2.32. The molecule has 4 rings (SSSR count). The average Bonchev–Trinajstić information content (AvgIpc) is 3.10. The number of nitrogens with zero attached hydrogens (tertiary/aromatic N) is 3. The van der Waals surface area contributed by atoms with Crippen LogP contribution < -0.4 is 0 Å². The molecule has 1 saturated heterocycles. The van der Waals surface area contributed by atoms with Crippen molar-refractivity contribution in [2.24, 2.45) is 0 Å². The summed E-state index contributed by atoms with van der Waals surface area (Å²) < 4.78 is 6.98. The number of aromatic hydroxyl groups is 1. The number of pyridine rings is 1. The largest absolute Gasteiger partial charge is 0.507 e. The van der Waals surface area contributed by atoms with Crippen LogP contribution in [0.15, 0.2) is 30.5 Å². The Kier molecular flexibility index (Phi) is 6.36. The number of fused-ring (bicyclic) bond motifs is 1. The number of hydrogen-bond donors (Lipinski definition) is 2. The van der Waals surface area contributed by atoms with Crippen LogP contribution >= 0.6 is 23.2 Å². The number of benzene rings is 1. The Balaban J connectivity index is 1.76. The van der Waals surface area contributed by atoms with E-state index in [1.54, 1.807) is 29.7 Å². The van der Waals surface area contributed by atoms with E-state index in [0.29, 0.717) is 65.7 Å². The zero-order valence-electron chi connectivity index (χ0n) is 17.9. The molecular formula is C23H25Cl2N3O4. The summed E-state index contributed by atoms with van der Waals surface area (Å²) in [6.45, 7) is 5.74. The molecule has 2 N–H and O–H groups in total. The van der Waals surface area contributed by atoms with Gasteiger partial charge in [-0.05, 0) is 56.5 Å². The third-order valence-corrected chi connectivity index (χ3v) is 6.64. The van der Waals surface area contributed by atoms with Crippen molar-refractivity contribution in [2.75, 3.05) is 19.7 Å². The monoisotopic (exact) mass is 477 g/mol. The van der Waals surface area contributed by atoms with Gasteiger partial charge in [-0.3, -0.25) is 9.30 Å². The quantitative estimate of drug-likeness (QED) is 0.524. The summed E-state index contributed by atoms with van der Waals surface area (Å²) in [6, 6.07) is 6.52. The number of imidazole rings is 1. The highest BCUT2D eigenvalue weighted by Crippen LogP contribution is 2.40. The average molecular weight is 478 g/mol. The van der Waals surface area contributed by atoms with E-state index in [-0.39, 0.29) is 17.4 Å². The van der Waals surface area contributed by atoms with E-state index in [0.717, 1.165) is 0 Å². The molecule has 170 valence electrons. The number of likely N-dealkylation sites (tertiary alicyclic amines) is 1. The van der Waals surface area contributed by atoms with Gasteiger partial charge in [0.1, 0.15) is 11.4 Å². The third kappa shape index (κ3) is 4.43. The van der Waals surface area contributed by atoms with Crippen LogP contribution in [0.25, 0.3) is 16.8 Å². The fraction of sp³-hybridized carbons (Fsp3) is 0.391. The predicted octanol–water partition coefficient (Wildman–Crippen LogP) is 4.54. The molecule has 1 aliphatic rings. The van der Waals surface area contributed by atoms with Crippen molar-refractivity contribution in [3.8, 4) is 16.9 Å². The normalized spacial score (nSPS) is 16.4. The van der Waals surface area contributed by atoms with E-state index in [9.17, 15) is 15.0 Å². The van der Waals surface area contributed by atoms with E-state index in [4.69, 9.17) is 32.9 Å². The van der Waals surface area contributed by atoms with Crippen LogP contribution in [0.3, 0.4) is 0 Å². The van der Waals surface area contributed by atoms with Gasteiger partial charge in [-0.1, -0.05) is 23.2 Å². The number of esters is 1. The molecule has 0 aliphatic carbocycles. The van der Waals surface area contributed by atoms with Gasteiger partial charge in [0.25, 0.3) is 0 Å². The lowest BCUT2D eigenvalue weighted by molar-refractivity contribution is -0.00771. The SMILES string of the molecule is CCOC(=O)c1c(CN2CCC(C)(O)CC2)nc2cc(-c3c(O)ccc(Cl)c3Cl)ccn12. The number of ether oxygens (including phenoxy) is 1. The highest BCUT2D eigenvalue weighted by Gasteiger charge is 2.29. The van der Waals surface area contributed by atoms with Crippen molar-refractivity contribution in [3.05, 3.63) is 51.9 Å². The Morgan fingerprint density at radius 3 is 2.66 bits per heavy atom. The zero-order valence-corrected chi connectivity index (χ0v) is 19.4. The molecule has 2 aromatic heterocycles. The minimum Gasteiger partial charge on any atom is -0.507 e. The maximum atomic E-state index is 12.8. The summed E-state index contributed by atoms with van der Waals surface area (Å²) in [5.74, 6) is -0.447. The standard InChI is InChI=1S/C23H25Cl2N3O4/c1-3-32-22(30)21-16(13-27-10-7-23(2,31)8-11-27)26-18-12-14(6-9-28(18)21)19-17(29)5-4-15(24)20(19)25/h4-6,9,12,29,31H,3,7-8,10-11,13H2,1-2H3. The Morgan fingerprint density at radius 2 is 1.97 bits per heavy atom. The minimum atomic E-state index is -0.660. The van der Waals surface area contributed by atoms with Crippen LogP contribution in [0.1, 0.15) is 42.9 Å². The molecule has 3 aromatic rings. The number of aliphatic hydroxyl groups is 1. The molecule has 1 aromatic carbocycles. The van der Waals surface area contributed by atoms with Crippen molar-refractivity contribution in [1.82, 2.24) is 14.3 Å². The molecular weight excluding hydrogens is 453 g/mol. The summed E-state index contributed by atoms with van der Waals surface area (Å²) in [6.07, 6.45) is 3.03. The summed E-state index contributed by atoms with van der Waals surface area (Å²) in [4.78, 5) is 19.7. The van der Waals surface area contributed by atoms with Gasteiger partial charge in [0, 0.05) is 31.4 Å². The predicted molar refractivity (Wildman–Crippen MR) is 123 cm³/mol. The summed E-state index contributed by atoms with van der Waals surface area (Å²) in [5.41, 5.74) is 1.87. The fourth-order valence-corrected chi connectivity index (χ4v) is 4.42. The first-order valence-electron chi connectivity index (χ1n) is 10.5. The number of hydrogen-bond acceptors (Lipinski definition) is 6. The van der Waals surface area contributed by atoms with Crippen LogP contribution in [-0.4, -0.2) is 55.8 Å². The molecule has 7 nitrogen and oxygen atoms in total. The molecule has 0 bridgehead atoms. The second-order valence-corrected chi connectivity index (χ2v) is 9.08. The molecule has 32 heavy (non-hydrogen) atoms. The second kappa shape index (κ2) is 8.90. The van der Waals surface area contributed by atoms with E-state index in [2.05, 4.69) is 4.90 Å². The van der Waals surface area contributed by atoms with Gasteiger partial charge >= 0.3 is 5.97 Å². The van der Waals surface area contributed by atoms with Gasteiger partial charge in [-0.15, -0.1) is 0 Å². The van der Waals surface area contributed by atoms with Gasteiger partial charge in [-0.2, -0.15) is 0 Å². The number of carbonyl (C=O) groups excluding carboxylic acids is 1. The van der Waals surface area contributed by atoms with Gasteiger partial charge < -0.3 is 14.9 Å². The number of phenols is 1.